The van der Waals surface area contributed by atoms with Gasteiger partial charge >= 0.3 is 5.97 Å². The van der Waals surface area contributed by atoms with Crippen LogP contribution in [0.4, 0.5) is 0 Å². The lowest BCUT2D eigenvalue weighted by molar-refractivity contribution is -0.145. The molecular weight excluding hydrogens is 375 g/mol. The molecule has 0 heterocycles. The summed E-state index contributed by atoms with van der Waals surface area (Å²) in [5.41, 5.74) is 0. The molecule has 0 bridgehead atoms. The summed E-state index contributed by atoms with van der Waals surface area (Å²) >= 11 is 5.38. The third kappa shape index (κ3) is 4.38. The van der Waals surface area contributed by atoms with Crippen LogP contribution in [0.5, 0.6) is 5.75 Å². The Balaban J connectivity index is 2.65. The summed E-state index contributed by atoms with van der Waals surface area (Å²) < 4.78 is 6.43. The van der Waals surface area contributed by atoms with Gasteiger partial charge in [0.1, 0.15) is 5.75 Å². The number of benzene rings is 1. The second-order valence-electron chi connectivity index (χ2n) is 2.88. The molecule has 1 aromatic carbocycles. The Morgan fingerprint density at radius 2 is 2.07 bits per heavy atom. The molecule has 0 spiro atoms. The minimum absolute atomic E-state index is 0.446. The highest BCUT2D eigenvalue weighted by atomic mass is 127. The summed E-state index contributed by atoms with van der Waals surface area (Å²) in [6.45, 7) is 0. The van der Waals surface area contributed by atoms with Gasteiger partial charge in [-0.3, -0.25) is 0 Å². The molecule has 1 atom stereocenters. The molecule has 5 heteroatoms. The zero-order valence-corrected chi connectivity index (χ0v) is 11.6. The van der Waals surface area contributed by atoms with Crippen LogP contribution in [-0.4, -0.2) is 22.5 Å². The predicted molar refractivity (Wildman–Crippen MR) is 69.6 cm³/mol. The second kappa shape index (κ2) is 6.32. The zero-order chi connectivity index (χ0) is 11.3. The fraction of sp³-hybridized carbons (Fsp3) is 0.300. The van der Waals surface area contributed by atoms with E-state index in [4.69, 9.17) is 9.84 Å². The van der Waals surface area contributed by atoms with E-state index in [1.807, 2.05) is 12.1 Å². The van der Waals surface area contributed by atoms with E-state index in [2.05, 4.69) is 38.5 Å². The molecule has 15 heavy (non-hydrogen) atoms. The highest BCUT2D eigenvalue weighted by Crippen LogP contribution is 2.16. The number of halogens is 2. The molecule has 82 valence electrons. The Morgan fingerprint density at radius 3 is 2.53 bits per heavy atom. The molecule has 0 aromatic heterocycles. The topological polar surface area (TPSA) is 46.5 Å². The van der Waals surface area contributed by atoms with Crippen LogP contribution >= 0.6 is 38.5 Å². The standard InChI is InChI=1S/C10H10BrIO3/c11-6-5-9(10(13)14)15-8-3-1-7(12)2-4-8/h1-4,9H,5-6H2,(H,13,14). The summed E-state index contributed by atoms with van der Waals surface area (Å²) in [5.74, 6) is -0.350. The van der Waals surface area contributed by atoms with E-state index < -0.39 is 12.1 Å². The maximum Gasteiger partial charge on any atom is 0.344 e. The highest BCUT2D eigenvalue weighted by molar-refractivity contribution is 14.1. The van der Waals surface area contributed by atoms with Crippen LogP contribution in [0.1, 0.15) is 6.42 Å². The molecule has 1 N–H and O–H groups in total. The van der Waals surface area contributed by atoms with Gasteiger partial charge in [0.05, 0.1) is 0 Å². The normalized spacial score (nSPS) is 12.1. The van der Waals surface area contributed by atoms with Gasteiger partial charge in [0, 0.05) is 15.3 Å². The summed E-state index contributed by atoms with van der Waals surface area (Å²) in [7, 11) is 0. The van der Waals surface area contributed by atoms with Gasteiger partial charge < -0.3 is 9.84 Å². The Hall–Kier alpha value is -0.300. The maximum absolute atomic E-state index is 10.8. The van der Waals surface area contributed by atoms with Crippen LogP contribution in [0.15, 0.2) is 24.3 Å². The molecule has 0 fully saturated rings. The number of ether oxygens (including phenoxy) is 1. The summed E-state index contributed by atoms with van der Waals surface area (Å²) in [5, 5.41) is 9.48. The van der Waals surface area contributed by atoms with Crippen LogP contribution in [0, 0.1) is 3.57 Å². The molecule has 0 radical (unpaired) electrons. The van der Waals surface area contributed by atoms with Crippen molar-refractivity contribution in [2.24, 2.45) is 0 Å². The predicted octanol–water partition coefficient (Wildman–Crippen LogP) is 2.91. The molecule has 0 aliphatic carbocycles. The lowest BCUT2D eigenvalue weighted by atomic mass is 10.3. The zero-order valence-electron chi connectivity index (χ0n) is 7.82. The smallest absolute Gasteiger partial charge is 0.344 e. The lowest BCUT2D eigenvalue weighted by Gasteiger charge is -2.13. The number of alkyl halides is 1. The fourth-order valence-corrected chi connectivity index (χ4v) is 1.78. The number of carboxylic acids is 1. The second-order valence-corrected chi connectivity index (χ2v) is 4.91. The summed E-state index contributed by atoms with van der Waals surface area (Å²) in [6.07, 6.45) is -0.342. The van der Waals surface area contributed by atoms with Crippen molar-refractivity contribution in [2.45, 2.75) is 12.5 Å². The first-order chi connectivity index (χ1) is 7.13. The van der Waals surface area contributed by atoms with Gasteiger partial charge in [0.15, 0.2) is 6.10 Å². The summed E-state index contributed by atoms with van der Waals surface area (Å²) in [4.78, 5) is 10.8. The molecular formula is C10H10BrIO3. The van der Waals surface area contributed by atoms with Crippen molar-refractivity contribution in [3.05, 3.63) is 27.8 Å². The number of hydrogen-bond donors (Lipinski definition) is 1. The SMILES string of the molecule is O=C(O)C(CCBr)Oc1ccc(I)cc1. The Morgan fingerprint density at radius 1 is 1.47 bits per heavy atom. The lowest BCUT2D eigenvalue weighted by Crippen LogP contribution is -2.27. The first-order valence-electron chi connectivity index (χ1n) is 4.34. The number of hydrogen-bond acceptors (Lipinski definition) is 2. The van der Waals surface area contributed by atoms with E-state index in [0.29, 0.717) is 17.5 Å². The first kappa shape index (κ1) is 12.8. The van der Waals surface area contributed by atoms with Crippen molar-refractivity contribution in [3.8, 4) is 5.75 Å². The number of carboxylic acid groups (broad SMARTS) is 1. The molecule has 0 aliphatic rings. The van der Waals surface area contributed by atoms with Crippen molar-refractivity contribution >= 4 is 44.5 Å². The maximum atomic E-state index is 10.8. The third-order valence-electron chi connectivity index (χ3n) is 1.74. The molecule has 1 aromatic rings. The monoisotopic (exact) mass is 384 g/mol. The van der Waals surface area contributed by atoms with E-state index in [-0.39, 0.29) is 0 Å². The van der Waals surface area contributed by atoms with Gasteiger partial charge in [-0.2, -0.15) is 0 Å². The number of rotatable bonds is 5. The van der Waals surface area contributed by atoms with Crippen LogP contribution in [0.25, 0.3) is 0 Å². The fourth-order valence-electron chi connectivity index (χ4n) is 1.01. The van der Waals surface area contributed by atoms with Crippen LogP contribution in [0.3, 0.4) is 0 Å². The Kier molecular flexibility index (Phi) is 5.38. The van der Waals surface area contributed by atoms with Crippen LogP contribution in [-0.2, 0) is 4.79 Å². The first-order valence-corrected chi connectivity index (χ1v) is 6.54. The third-order valence-corrected chi connectivity index (χ3v) is 2.92. The van der Waals surface area contributed by atoms with Crippen molar-refractivity contribution < 1.29 is 14.6 Å². The van der Waals surface area contributed by atoms with Crippen molar-refractivity contribution in [3.63, 3.8) is 0 Å². The molecule has 0 aliphatic heterocycles. The average Bonchev–Trinajstić information content (AvgIpc) is 2.20. The number of carbonyl (C=O) groups is 1. The van der Waals surface area contributed by atoms with Gasteiger partial charge in [-0.15, -0.1) is 0 Å². The quantitative estimate of drug-likeness (QED) is 0.627. The van der Waals surface area contributed by atoms with Crippen molar-refractivity contribution in [1.82, 2.24) is 0 Å². The van der Waals surface area contributed by atoms with Gasteiger partial charge in [-0.05, 0) is 46.9 Å². The highest BCUT2D eigenvalue weighted by Gasteiger charge is 2.18. The van der Waals surface area contributed by atoms with E-state index in [9.17, 15) is 4.79 Å². The minimum atomic E-state index is -0.937. The van der Waals surface area contributed by atoms with Gasteiger partial charge in [-0.1, -0.05) is 15.9 Å². The van der Waals surface area contributed by atoms with Crippen LogP contribution < -0.4 is 4.74 Å². The van der Waals surface area contributed by atoms with Crippen LogP contribution in [0.2, 0.25) is 0 Å². The van der Waals surface area contributed by atoms with Crippen molar-refractivity contribution in [1.29, 1.82) is 0 Å². The van der Waals surface area contributed by atoms with Gasteiger partial charge in [0.25, 0.3) is 0 Å². The molecule has 1 rings (SSSR count). The molecule has 0 saturated carbocycles. The van der Waals surface area contributed by atoms with E-state index in [0.717, 1.165) is 3.57 Å². The Labute approximate surface area is 110 Å². The van der Waals surface area contributed by atoms with Crippen molar-refractivity contribution in [2.75, 3.05) is 5.33 Å². The Bertz CT molecular complexity index is 326. The average molecular weight is 385 g/mol. The largest absolute Gasteiger partial charge is 0.479 e. The van der Waals surface area contributed by atoms with Gasteiger partial charge in [-0.25, -0.2) is 4.79 Å². The van der Waals surface area contributed by atoms with E-state index >= 15 is 0 Å². The molecule has 1 unspecified atom stereocenters. The summed E-state index contributed by atoms with van der Waals surface area (Å²) in [6, 6.07) is 7.30. The molecule has 0 amide bonds. The van der Waals surface area contributed by atoms with E-state index in [1.54, 1.807) is 12.1 Å². The number of aliphatic carboxylic acids is 1. The molecule has 0 saturated heterocycles. The molecule has 3 nitrogen and oxygen atoms in total. The minimum Gasteiger partial charge on any atom is -0.479 e. The van der Waals surface area contributed by atoms with E-state index in [1.165, 1.54) is 0 Å². The van der Waals surface area contributed by atoms with Gasteiger partial charge in [0.2, 0.25) is 0 Å².